The molecule has 1 aromatic carbocycles. The maximum absolute atomic E-state index is 12.8. The Bertz CT molecular complexity index is 1110. The van der Waals surface area contributed by atoms with Gasteiger partial charge in [0.25, 0.3) is 16.0 Å². The van der Waals surface area contributed by atoms with Crippen LogP contribution in [0.4, 0.5) is 5.69 Å². The molecule has 2 aliphatic rings. The van der Waals surface area contributed by atoms with Crippen molar-refractivity contribution in [2.45, 2.75) is 11.8 Å². The van der Waals surface area contributed by atoms with E-state index in [0.29, 0.717) is 6.54 Å². The third-order valence-electron chi connectivity index (χ3n) is 4.20. The minimum Gasteiger partial charge on any atom is -0.476 e. The van der Waals surface area contributed by atoms with Crippen LogP contribution in [-0.2, 0) is 19.7 Å². The van der Waals surface area contributed by atoms with E-state index in [1.807, 2.05) is 36.3 Å². The number of hydrazone groups is 1. The molecular formula is C19H17N3O6S. The van der Waals surface area contributed by atoms with E-state index >= 15 is 0 Å². The number of carboxylic acids is 1. The Morgan fingerprint density at radius 3 is 2.45 bits per heavy atom. The van der Waals surface area contributed by atoms with Crippen LogP contribution < -0.4 is 5.01 Å². The highest BCUT2D eigenvalue weighted by Crippen LogP contribution is 2.25. The molecule has 2 heterocycles. The molecule has 2 N–H and O–H groups in total. The molecular weight excluding hydrogens is 398 g/mol. The van der Waals surface area contributed by atoms with Crippen LogP contribution in [0.25, 0.3) is 0 Å². The highest BCUT2D eigenvalue weighted by atomic mass is 32.2. The van der Waals surface area contributed by atoms with E-state index < -0.39 is 27.7 Å². The van der Waals surface area contributed by atoms with Gasteiger partial charge in [-0.2, -0.15) is 18.5 Å². The van der Waals surface area contributed by atoms with Gasteiger partial charge in [0.05, 0.1) is 16.2 Å². The smallest absolute Gasteiger partial charge is 0.357 e. The lowest BCUT2D eigenvalue weighted by Gasteiger charge is -2.21. The second-order valence-corrected chi connectivity index (χ2v) is 7.42. The molecule has 0 saturated carbocycles. The first-order valence-corrected chi connectivity index (χ1v) is 9.94. The summed E-state index contributed by atoms with van der Waals surface area (Å²) in [7, 11) is -4.39. The molecule has 29 heavy (non-hydrogen) atoms. The number of carbonyl (C=O) groups excluding carboxylic acids is 1. The number of nitrogens with zero attached hydrogens (tertiary/aromatic N) is 3. The third kappa shape index (κ3) is 4.18. The average molecular weight is 415 g/mol. The summed E-state index contributed by atoms with van der Waals surface area (Å²) in [4.78, 5) is 25.9. The Morgan fingerprint density at radius 2 is 1.86 bits per heavy atom. The van der Waals surface area contributed by atoms with Crippen LogP contribution in [0.2, 0.25) is 0 Å². The van der Waals surface area contributed by atoms with Crippen LogP contribution in [0.5, 0.6) is 0 Å². The van der Waals surface area contributed by atoms with Gasteiger partial charge in [0.2, 0.25) is 0 Å². The van der Waals surface area contributed by atoms with Crippen molar-refractivity contribution >= 4 is 33.4 Å². The van der Waals surface area contributed by atoms with Gasteiger partial charge in [0.1, 0.15) is 0 Å². The van der Waals surface area contributed by atoms with E-state index in [9.17, 15) is 23.1 Å². The summed E-state index contributed by atoms with van der Waals surface area (Å²) in [5.74, 6) is -2.04. The standard InChI is InChI=1S/C19H17N3O6S/c1-2-21-12-4-3-5-13(21)8-11-16-17(19(24)25)20-22(18(16)23)14-6-9-15(10-7-14)29(26,27)28/h3-12H,2H2,1H3,(H,24,25)(H,26,27,28)/b13-8+,16-11-. The van der Waals surface area contributed by atoms with Gasteiger partial charge in [-0.3, -0.25) is 9.35 Å². The number of rotatable bonds is 5. The quantitative estimate of drug-likeness (QED) is 0.556. The van der Waals surface area contributed by atoms with Crippen molar-refractivity contribution in [1.82, 2.24) is 4.90 Å². The SMILES string of the molecule is CCN1C=CC=C/C1=C\C=C1/C(=O)N(c2ccc(S(=O)(=O)O)cc2)N=C1C(=O)O. The third-order valence-corrected chi connectivity index (χ3v) is 5.06. The molecule has 10 heteroatoms. The normalized spacial score (nSPS) is 19.4. The minimum atomic E-state index is -4.39. The maximum Gasteiger partial charge on any atom is 0.357 e. The minimum absolute atomic E-state index is 0.108. The van der Waals surface area contributed by atoms with E-state index in [2.05, 4.69) is 5.10 Å². The average Bonchev–Trinajstić information content (AvgIpc) is 3.02. The number of allylic oxidation sites excluding steroid dienone is 5. The topological polar surface area (TPSA) is 128 Å². The number of likely N-dealkylation sites (N-methyl/N-ethyl adjacent to an activating group) is 1. The second-order valence-electron chi connectivity index (χ2n) is 6.00. The number of amides is 1. The zero-order valence-electron chi connectivity index (χ0n) is 15.3. The molecule has 0 saturated heterocycles. The molecule has 0 radical (unpaired) electrons. The van der Waals surface area contributed by atoms with Crippen LogP contribution in [0.15, 0.2) is 82.1 Å². The van der Waals surface area contributed by atoms with E-state index in [1.54, 1.807) is 6.08 Å². The largest absolute Gasteiger partial charge is 0.476 e. The first kappa shape index (κ1) is 20.2. The van der Waals surface area contributed by atoms with Crippen LogP contribution >= 0.6 is 0 Å². The molecule has 0 fully saturated rings. The molecule has 0 spiro atoms. The number of aliphatic carboxylic acids is 1. The van der Waals surface area contributed by atoms with Gasteiger partial charge < -0.3 is 10.0 Å². The first-order chi connectivity index (χ1) is 13.7. The van der Waals surface area contributed by atoms with Crippen molar-refractivity contribution in [2.75, 3.05) is 11.6 Å². The van der Waals surface area contributed by atoms with Gasteiger partial charge in [-0.25, -0.2) is 4.79 Å². The molecule has 0 bridgehead atoms. The van der Waals surface area contributed by atoms with E-state index in [4.69, 9.17) is 4.55 Å². The monoisotopic (exact) mass is 415 g/mol. The van der Waals surface area contributed by atoms with Crippen LogP contribution in [0, 0.1) is 0 Å². The fraction of sp³-hybridized carbons (Fsp3) is 0.105. The van der Waals surface area contributed by atoms with Crippen molar-refractivity contribution in [2.24, 2.45) is 5.10 Å². The van der Waals surface area contributed by atoms with Crippen molar-refractivity contribution in [3.05, 3.63) is 72.1 Å². The number of anilines is 1. The van der Waals surface area contributed by atoms with Gasteiger partial charge in [-0.05, 0) is 55.5 Å². The summed E-state index contributed by atoms with van der Waals surface area (Å²) in [5.41, 5.74) is 0.399. The van der Waals surface area contributed by atoms with Crippen LogP contribution in [0.1, 0.15) is 6.92 Å². The van der Waals surface area contributed by atoms with Crippen molar-refractivity contribution in [3.8, 4) is 0 Å². The Balaban J connectivity index is 1.96. The highest BCUT2D eigenvalue weighted by molar-refractivity contribution is 7.85. The van der Waals surface area contributed by atoms with Crippen molar-refractivity contribution in [1.29, 1.82) is 0 Å². The lowest BCUT2D eigenvalue weighted by atomic mass is 10.1. The molecule has 1 amide bonds. The molecule has 9 nitrogen and oxygen atoms in total. The number of hydrogen-bond acceptors (Lipinski definition) is 6. The van der Waals surface area contributed by atoms with Crippen molar-refractivity contribution < 1.29 is 27.7 Å². The van der Waals surface area contributed by atoms with E-state index in [1.165, 1.54) is 18.2 Å². The molecule has 0 aromatic heterocycles. The Morgan fingerprint density at radius 1 is 1.17 bits per heavy atom. The number of hydrogen-bond donors (Lipinski definition) is 2. The lowest BCUT2D eigenvalue weighted by Crippen LogP contribution is -2.22. The zero-order valence-corrected chi connectivity index (χ0v) is 16.1. The summed E-state index contributed by atoms with van der Waals surface area (Å²) < 4.78 is 31.3. The molecule has 3 rings (SSSR count). The Kier molecular flexibility index (Phi) is 5.48. The first-order valence-electron chi connectivity index (χ1n) is 8.50. The van der Waals surface area contributed by atoms with Gasteiger partial charge >= 0.3 is 5.97 Å². The van der Waals surface area contributed by atoms with Gasteiger partial charge in [0.15, 0.2) is 5.71 Å². The fourth-order valence-electron chi connectivity index (χ4n) is 2.75. The maximum atomic E-state index is 12.8. The van der Waals surface area contributed by atoms with E-state index in [-0.39, 0.29) is 16.2 Å². The molecule has 0 unspecified atom stereocenters. The number of carbonyl (C=O) groups is 2. The number of carboxylic acid groups (broad SMARTS) is 1. The summed E-state index contributed by atoms with van der Waals surface area (Å²) in [6.45, 7) is 2.64. The molecule has 1 aromatic rings. The highest BCUT2D eigenvalue weighted by Gasteiger charge is 2.35. The molecule has 2 aliphatic heterocycles. The van der Waals surface area contributed by atoms with E-state index in [0.717, 1.165) is 22.8 Å². The van der Waals surface area contributed by atoms with Crippen LogP contribution in [0.3, 0.4) is 0 Å². The predicted molar refractivity (Wildman–Crippen MR) is 106 cm³/mol. The summed E-state index contributed by atoms with van der Waals surface area (Å²) in [6.07, 6.45) is 10.4. The Labute approximate surface area is 167 Å². The van der Waals surface area contributed by atoms with Crippen molar-refractivity contribution in [3.63, 3.8) is 0 Å². The van der Waals surface area contributed by atoms with Gasteiger partial charge in [-0.15, -0.1) is 0 Å². The van der Waals surface area contributed by atoms with Gasteiger partial charge in [0, 0.05) is 18.4 Å². The fourth-order valence-corrected chi connectivity index (χ4v) is 3.23. The molecule has 150 valence electrons. The zero-order chi connectivity index (χ0) is 21.2. The summed E-state index contributed by atoms with van der Waals surface area (Å²) in [5, 5.41) is 14.2. The predicted octanol–water partition coefficient (Wildman–Crippen LogP) is 1.94. The van der Waals surface area contributed by atoms with Crippen LogP contribution in [-0.4, -0.2) is 47.1 Å². The lowest BCUT2D eigenvalue weighted by molar-refractivity contribution is -0.129. The summed E-state index contributed by atoms with van der Waals surface area (Å²) >= 11 is 0. The second kappa shape index (κ2) is 7.86. The molecule has 0 atom stereocenters. The number of benzene rings is 1. The Hall–Kier alpha value is -3.50. The van der Waals surface area contributed by atoms with Gasteiger partial charge in [-0.1, -0.05) is 6.08 Å². The molecule has 0 aliphatic carbocycles. The summed E-state index contributed by atoms with van der Waals surface area (Å²) in [6, 6.07) is 4.68.